The fourth-order valence-electron chi connectivity index (χ4n) is 4.50. The number of nitrogens with zero attached hydrogens (tertiary/aromatic N) is 5. The van der Waals surface area contributed by atoms with Crippen LogP contribution in [-0.2, 0) is 14.4 Å². The summed E-state index contributed by atoms with van der Waals surface area (Å²) in [6, 6.07) is 0. The van der Waals surface area contributed by atoms with Gasteiger partial charge in [-0.1, -0.05) is 0 Å². The van der Waals surface area contributed by atoms with Gasteiger partial charge in [-0.3, -0.25) is 9.59 Å². The molecule has 4 fully saturated rings. The molecule has 4 saturated heterocycles. The zero-order valence-corrected chi connectivity index (χ0v) is 17.1. The van der Waals surface area contributed by atoms with Crippen LogP contribution in [0, 0.1) is 0 Å². The summed E-state index contributed by atoms with van der Waals surface area (Å²) in [4.78, 5) is 45.6. The number of carbonyl (C=O) groups excluding carboxylic acids is 3. The Bertz CT molecular complexity index is 620. The largest absolute Gasteiger partial charge is 0.452 e. The fraction of sp³-hybridized carbons (Fsp3) is 0.824. The fourth-order valence-corrected chi connectivity index (χ4v) is 8.63. The normalized spacial score (nSPS) is 25.1. The van der Waals surface area contributed by atoms with Crippen molar-refractivity contribution in [2.45, 2.75) is 51.4 Å². The molecule has 4 aliphatic heterocycles. The van der Waals surface area contributed by atoms with Crippen LogP contribution in [0.3, 0.4) is 0 Å². The topological polar surface area (TPSA) is 97.8 Å². The second-order valence-corrected chi connectivity index (χ2v) is 10.7. The van der Waals surface area contributed by atoms with E-state index in [9.17, 15) is 14.4 Å². The SMILES string of the molecule is O=C(NN=P(N1CCCC1)(N1CCCC1)N1CCCC1)ON1C(=O)CCC1=O. The van der Waals surface area contributed by atoms with Crippen molar-refractivity contribution in [3.8, 4) is 0 Å². The molecule has 10 nitrogen and oxygen atoms in total. The Morgan fingerprint density at radius 1 is 0.786 bits per heavy atom. The van der Waals surface area contributed by atoms with Crippen molar-refractivity contribution in [3.05, 3.63) is 0 Å². The van der Waals surface area contributed by atoms with Crippen LogP contribution in [0.5, 0.6) is 0 Å². The maximum atomic E-state index is 12.4. The highest BCUT2D eigenvalue weighted by Gasteiger charge is 2.44. The van der Waals surface area contributed by atoms with E-state index >= 15 is 0 Å². The lowest BCUT2D eigenvalue weighted by Gasteiger charge is -2.45. The summed E-state index contributed by atoms with van der Waals surface area (Å²) in [5, 5.41) is 0.562. The molecular weight excluding hydrogens is 383 g/mol. The molecule has 0 bridgehead atoms. The zero-order chi connectivity index (χ0) is 19.6. The van der Waals surface area contributed by atoms with Gasteiger partial charge < -0.3 is 4.84 Å². The first-order valence-corrected chi connectivity index (χ1v) is 11.9. The van der Waals surface area contributed by atoms with Gasteiger partial charge in [0.1, 0.15) is 0 Å². The highest BCUT2D eigenvalue weighted by Crippen LogP contribution is 2.62. The van der Waals surface area contributed by atoms with Gasteiger partial charge in [-0.25, -0.2) is 24.2 Å². The van der Waals surface area contributed by atoms with Crippen molar-refractivity contribution < 1.29 is 19.2 Å². The van der Waals surface area contributed by atoms with Crippen molar-refractivity contribution in [1.29, 1.82) is 0 Å². The number of hydrogen-bond acceptors (Lipinski definition) is 5. The highest BCUT2D eigenvalue weighted by molar-refractivity contribution is 7.59. The zero-order valence-electron chi connectivity index (χ0n) is 16.2. The lowest BCUT2D eigenvalue weighted by molar-refractivity contribution is -0.171. The van der Waals surface area contributed by atoms with Gasteiger partial charge in [0, 0.05) is 52.1 Å². The lowest BCUT2D eigenvalue weighted by Crippen LogP contribution is -2.40. The van der Waals surface area contributed by atoms with Crippen LogP contribution < -0.4 is 5.43 Å². The van der Waals surface area contributed by atoms with Crippen LogP contribution in [0.4, 0.5) is 4.79 Å². The average molecular weight is 412 g/mol. The minimum Gasteiger partial charge on any atom is -0.310 e. The molecule has 0 saturated carbocycles. The van der Waals surface area contributed by atoms with E-state index in [2.05, 4.69) is 19.4 Å². The average Bonchev–Trinajstić information content (AvgIpc) is 3.48. The Balaban J connectivity index is 1.59. The number of carbonyl (C=O) groups is 3. The predicted octanol–water partition coefficient (Wildman–Crippen LogP) is 1.93. The summed E-state index contributed by atoms with van der Waals surface area (Å²) >= 11 is 0. The van der Waals surface area contributed by atoms with Crippen molar-refractivity contribution >= 4 is 25.4 Å². The van der Waals surface area contributed by atoms with E-state index in [1.165, 1.54) is 0 Å². The highest BCUT2D eigenvalue weighted by atomic mass is 31.2. The molecule has 156 valence electrons. The Hall–Kier alpha value is -1.48. The second-order valence-electron chi connectivity index (χ2n) is 7.69. The first-order valence-electron chi connectivity index (χ1n) is 10.3. The molecule has 28 heavy (non-hydrogen) atoms. The number of hydrogen-bond donors (Lipinski definition) is 1. The third-order valence-corrected chi connectivity index (χ3v) is 9.69. The number of nitrogens with one attached hydrogen (secondary N) is 1. The van der Waals surface area contributed by atoms with Crippen LogP contribution >= 0.6 is 7.51 Å². The summed E-state index contributed by atoms with van der Waals surface area (Å²) in [6.45, 7) is 5.86. The molecule has 0 atom stereocenters. The molecule has 0 unspecified atom stereocenters. The Kier molecular flexibility index (Phi) is 6.01. The molecule has 4 heterocycles. The van der Waals surface area contributed by atoms with E-state index < -0.39 is 25.4 Å². The van der Waals surface area contributed by atoms with E-state index in [1.807, 2.05) is 0 Å². The monoisotopic (exact) mass is 412 g/mol. The Labute approximate surface area is 165 Å². The van der Waals surface area contributed by atoms with Gasteiger partial charge in [0.15, 0.2) is 7.51 Å². The van der Waals surface area contributed by atoms with E-state index in [4.69, 9.17) is 9.69 Å². The molecule has 0 aromatic rings. The third-order valence-electron chi connectivity index (χ3n) is 5.84. The molecule has 0 spiro atoms. The number of rotatable bonds is 5. The van der Waals surface area contributed by atoms with Gasteiger partial charge in [-0.2, -0.15) is 0 Å². The summed E-state index contributed by atoms with van der Waals surface area (Å²) in [5.41, 5.74) is 2.56. The first-order chi connectivity index (χ1) is 13.6. The molecule has 1 N–H and O–H groups in total. The van der Waals surface area contributed by atoms with Gasteiger partial charge in [0.25, 0.3) is 11.8 Å². The van der Waals surface area contributed by atoms with Crippen molar-refractivity contribution in [2.75, 3.05) is 39.3 Å². The summed E-state index contributed by atoms with van der Waals surface area (Å²) in [7, 11) is -2.24. The predicted molar refractivity (Wildman–Crippen MR) is 102 cm³/mol. The molecule has 0 aromatic carbocycles. The van der Waals surface area contributed by atoms with Crippen molar-refractivity contribution in [1.82, 2.24) is 24.5 Å². The van der Waals surface area contributed by atoms with Gasteiger partial charge in [0.05, 0.1) is 0 Å². The van der Waals surface area contributed by atoms with Crippen molar-refractivity contribution in [2.24, 2.45) is 4.85 Å². The van der Waals surface area contributed by atoms with Gasteiger partial charge in [0.2, 0.25) is 0 Å². The van der Waals surface area contributed by atoms with Crippen LogP contribution in [0.2, 0.25) is 0 Å². The lowest BCUT2D eigenvalue weighted by atomic mass is 10.4. The van der Waals surface area contributed by atoms with Crippen LogP contribution in [0.25, 0.3) is 0 Å². The van der Waals surface area contributed by atoms with Crippen LogP contribution in [0.1, 0.15) is 51.4 Å². The first kappa shape index (κ1) is 19.8. The molecular formula is C17H29N6O4P. The quantitative estimate of drug-likeness (QED) is 0.419. The minimum atomic E-state index is -2.24. The molecule has 3 amide bonds. The number of hydroxylamine groups is 2. The Morgan fingerprint density at radius 2 is 1.18 bits per heavy atom. The number of amides is 3. The van der Waals surface area contributed by atoms with E-state index in [0.717, 1.165) is 77.8 Å². The standard InChI is InChI=1S/C17H29N6O4P/c24-15-7-8-16(25)23(15)27-17(26)18-19-28(20-9-1-2-10-20,21-11-3-4-12-21)22-13-5-6-14-22/h1-14H2,(H,18,26). The summed E-state index contributed by atoms with van der Waals surface area (Å²) in [6.07, 6.45) is 6.12. The molecule has 4 rings (SSSR count). The van der Waals surface area contributed by atoms with Crippen molar-refractivity contribution in [3.63, 3.8) is 0 Å². The molecule has 0 aromatic heterocycles. The smallest absolute Gasteiger partial charge is 0.310 e. The van der Waals surface area contributed by atoms with Gasteiger partial charge in [-0.05, 0) is 38.5 Å². The molecule has 0 aliphatic carbocycles. The summed E-state index contributed by atoms with van der Waals surface area (Å²) in [5.74, 6) is -0.973. The third kappa shape index (κ3) is 3.70. The molecule has 0 radical (unpaired) electrons. The van der Waals surface area contributed by atoms with Crippen LogP contribution in [-0.4, -0.2) is 76.3 Å². The van der Waals surface area contributed by atoms with Crippen LogP contribution in [0.15, 0.2) is 4.85 Å². The molecule has 11 heteroatoms. The molecule has 4 aliphatic rings. The second kappa shape index (κ2) is 8.49. The van der Waals surface area contributed by atoms with E-state index in [-0.39, 0.29) is 12.8 Å². The van der Waals surface area contributed by atoms with E-state index in [1.54, 1.807) is 0 Å². The Morgan fingerprint density at radius 3 is 1.57 bits per heavy atom. The maximum absolute atomic E-state index is 12.4. The van der Waals surface area contributed by atoms with E-state index in [0.29, 0.717) is 5.06 Å². The minimum absolute atomic E-state index is 0.0789. The number of imide groups is 1. The van der Waals surface area contributed by atoms with Gasteiger partial charge in [-0.15, -0.1) is 9.92 Å². The summed E-state index contributed by atoms with van der Waals surface area (Å²) < 4.78 is 7.36. The van der Waals surface area contributed by atoms with Gasteiger partial charge >= 0.3 is 6.09 Å². The maximum Gasteiger partial charge on any atom is 0.452 e.